The summed E-state index contributed by atoms with van der Waals surface area (Å²) in [7, 11) is 0. The van der Waals surface area contributed by atoms with Gasteiger partial charge in [-0.25, -0.2) is 0 Å². The van der Waals surface area contributed by atoms with Crippen molar-refractivity contribution in [3.63, 3.8) is 0 Å². The number of carbonyl (C=O) groups is 2. The topological polar surface area (TPSA) is 46.6 Å². The summed E-state index contributed by atoms with van der Waals surface area (Å²) in [4.78, 5) is 29.8. The van der Waals surface area contributed by atoms with Crippen molar-refractivity contribution in [2.45, 2.75) is 158 Å². The van der Waals surface area contributed by atoms with E-state index in [1.165, 1.54) is 83.1 Å². The minimum atomic E-state index is -2.51. The maximum atomic E-state index is 12.0. The number of ether oxygens (including phenoxy) is 1. The molecule has 0 fully saturated rings. The molecular formula is C42H63Br2NO3S3Sn. The second-order valence-corrected chi connectivity index (χ2v) is 36.1. The number of fused-ring (bicyclic) bond motifs is 4. The van der Waals surface area contributed by atoms with E-state index in [1.54, 1.807) is 23.8 Å². The van der Waals surface area contributed by atoms with Crippen LogP contribution in [0.3, 0.4) is 0 Å². The number of thiophene rings is 3. The van der Waals surface area contributed by atoms with Gasteiger partial charge in [-0.1, -0.05) is 13.3 Å². The van der Waals surface area contributed by atoms with Crippen LogP contribution in [0.5, 0.6) is 5.75 Å². The molecular weight excluding hydrogens is 941 g/mol. The van der Waals surface area contributed by atoms with E-state index >= 15 is 0 Å². The summed E-state index contributed by atoms with van der Waals surface area (Å²) < 4.78 is 15.2. The van der Waals surface area contributed by atoms with Crippen molar-refractivity contribution >= 4 is 99.0 Å². The Bertz CT molecular complexity index is 1570. The molecule has 0 aliphatic carbocycles. The monoisotopic (exact) mass is 1000 g/mol. The quantitative estimate of drug-likeness (QED) is 0.0888. The van der Waals surface area contributed by atoms with Gasteiger partial charge in [0, 0.05) is 6.54 Å². The average Bonchev–Trinajstić information content (AvgIpc) is 3.85. The van der Waals surface area contributed by atoms with Crippen molar-refractivity contribution in [3.05, 3.63) is 41.3 Å². The second kappa shape index (κ2) is 20.3. The summed E-state index contributed by atoms with van der Waals surface area (Å²) in [6.45, 7) is 21.5. The zero-order valence-electron chi connectivity index (χ0n) is 33.3. The molecule has 0 saturated heterocycles. The predicted octanol–water partition coefficient (Wildman–Crippen LogP) is 15.0. The first-order chi connectivity index (χ1) is 24.8. The van der Waals surface area contributed by atoms with Crippen molar-refractivity contribution in [2.75, 3.05) is 6.54 Å². The molecule has 0 aromatic carbocycles. The van der Waals surface area contributed by atoms with Crippen LogP contribution in [0.2, 0.25) is 13.3 Å². The van der Waals surface area contributed by atoms with Crippen LogP contribution < -0.4 is 7.63 Å². The molecule has 5 rings (SSSR count). The number of carbonyl (C=O) groups excluding carboxylic acids is 2. The SMILES string of the molecule is CCCCN1C(=O)c2c(Br)sc(Br)c2C1=O.CCC[CH2][Sn]([CH2]CCC)([CH2]CCC)[c]1cc2c(s1)-c1sc(C)cc1OC2(CCC(C)C)CCC(C)C. The van der Waals surface area contributed by atoms with Crippen LogP contribution in [0.1, 0.15) is 164 Å². The van der Waals surface area contributed by atoms with Crippen LogP contribution in [0.25, 0.3) is 9.75 Å². The summed E-state index contributed by atoms with van der Waals surface area (Å²) in [5.41, 5.74) is 2.47. The Kier molecular flexibility index (Phi) is 17.4. The van der Waals surface area contributed by atoms with E-state index in [4.69, 9.17) is 4.74 Å². The second-order valence-electron chi connectivity index (χ2n) is 16.0. The van der Waals surface area contributed by atoms with Gasteiger partial charge in [-0.15, -0.1) is 11.3 Å². The van der Waals surface area contributed by atoms with Gasteiger partial charge in [0.25, 0.3) is 11.8 Å². The summed E-state index contributed by atoms with van der Waals surface area (Å²) in [6, 6.07) is 5.11. The third-order valence-corrected chi connectivity index (χ3v) is 33.9. The van der Waals surface area contributed by atoms with Crippen molar-refractivity contribution in [1.82, 2.24) is 4.90 Å². The first kappa shape index (κ1) is 44.5. The molecule has 10 heteroatoms. The number of hydrogen-bond donors (Lipinski definition) is 0. The van der Waals surface area contributed by atoms with E-state index in [9.17, 15) is 9.59 Å². The van der Waals surface area contributed by atoms with Gasteiger partial charge in [-0.3, -0.25) is 14.5 Å². The Balaban J connectivity index is 0.000000313. The van der Waals surface area contributed by atoms with E-state index in [2.05, 4.69) is 111 Å². The van der Waals surface area contributed by atoms with E-state index < -0.39 is 18.4 Å². The van der Waals surface area contributed by atoms with E-state index in [-0.39, 0.29) is 17.4 Å². The van der Waals surface area contributed by atoms with Crippen molar-refractivity contribution in [2.24, 2.45) is 11.8 Å². The Morgan fingerprint density at radius 2 is 1.23 bits per heavy atom. The maximum absolute atomic E-state index is 12.0. The van der Waals surface area contributed by atoms with E-state index in [0.717, 1.165) is 33.3 Å². The number of aryl methyl sites for hydroxylation is 1. The number of hydrogen-bond acceptors (Lipinski definition) is 6. The first-order valence-corrected chi connectivity index (χ1v) is 31.6. The van der Waals surface area contributed by atoms with Crippen molar-refractivity contribution in [1.29, 1.82) is 0 Å². The molecule has 2 aliphatic rings. The number of amides is 2. The number of halogens is 2. The number of unbranched alkanes of at least 4 members (excludes halogenated alkanes) is 4. The van der Waals surface area contributed by atoms with Gasteiger partial charge in [-0.2, -0.15) is 0 Å². The van der Waals surface area contributed by atoms with Crippen LogP contribution in [0.15, 0.2) is 19.7 Å². The molecule has 0 N–H and O–H groups in total. The number of nitrogens with zero attached hydrogens (tertiary/aromatic N) is 1. The van der Waals surface area contributed by atoms with Gasteiger partial charge in [-0.05, 0) is 38.3 Å². The van der Waals surface area contributed by atoms with Crippen molar-refractivity contribution < 1.29 is 14.3 Å². The normalized spacial score (nSPS) is 14.8. The Morgan fingerprint density at radius 1 is 0.731 bits per heavy atom. The van der Waals surface area contributed by atoms with Crippen LogP contribution in [-0.2, 0) is 5.60 Å². The Labute approximate surface area is 348 Å². The van der Waals surface area contributed by atoms with Gasteiger partial charge in [0.15, 0.2) is 0 Å². The van der Waals surface area contributed by atoms with Crippen LogP contribution in [-0.4, -0.2) is 41.6 Å². The van der Waals surface area contributed by atoms with Gasteiger partial charge < -0.3 is 0 Å². The molecule has 3 aromatic heterocycles. The Hall–Kier alpha value is -0.201. The zero-order valence-corrected chi connectivity index (χ0v) is 41.8. The van der Waals surface area contributed by atoms with Gasteiger partial charge in [0.1, 0.15) is 0 Å². The molecule has 52 heavy (non-hydrogen) atoms. The third-order valence-electron chi connectivity index (χ3n) is 10.8. The molecule has 0 saturated carbocycles. The molecule has 2 aliphatic heterocycles. The fourth-order valence-corrected chi connectivity index (χ4v) is 32.2. The zero-order chi connectivity index (χ0) is 38.2. The van der Waals surface area contributed by atoms with Crippen LogP contribution in [0.4, 0.5) is 0 Å². The van der Waals surface area contributed by atoms with E-state index in [0.29, 0.717) is 29.5 Å². The molecule has 0 unspecified atom stereocenters. The third kappa shape index (κ3) is 10.2. The predicted molar refractivity (Wildman–Crippen MR) is 237 cm³/mol. The van der Waals surface area contributed by atoms with Gasteiger partial charge >= 0.3 is 237 Å². The Morgan fingerprint density at radius 3 is 1.69 bits per heavy atom. The molecule has 0 spiro atoms. The fraction of sp³-hybridized carbons (Fsp3) is 0.667. The van der Waals surface area contributed by atoms with E-state index in [1.807, 2.05) is 21.2 Å². The minimum absolute atomic E-state index is 0.142. The summed E-state index contributed by atoms with van der Waals surface area (Å²) in [5, 5.41) is 0. The van der Waals surface area contributed by atoms with Crippen LogP contribution in [0, 0.1) is 18.8 Å². The van der Waals surface area contributed by atoms with Gasteiger partial charge in [0.05, 0.1) is 18.7 Å². The molecule has 2 amide bonds. The molecule has 0 atom stereocenters. The summed E-state index contributed by atoms with van der Waals surface area (Å²) >= 11 is 9.71. The molecule has 4 nitrogen and oxygen atoms in total. The number of rotatable bonds is 19. The molecule has 3 aromatic rings. The summed E-state index contributed by atoms with van der Waals surface area (Å²) in [6.07, 6.45) is 14.9. The molecule has 290 valence electrons. The van der Waals surface area contributed by atoms with Crippen molar-refractivity contribution in [3.8, 4) is 15.5 Å². The molecule has 5 heterocycles. The first-order valence-electron chi connectivity index (χ1n) is 20.1. The standard InChI is InChI=1S/C20H27OS2.C10H9Br2NO2S.3C4H9.Sn/c1-13(2)6-9-20(10-7-14(3)4)16-8-11-22-18(16)19-17(21-20)12-15(5)23-19;1-2-3-4-13-9(14)5-6(10(13)15)8(12)16-7(5)11;3*1-3-4-2;/h8,12-14H,6-7,9-10H2,1-5H3;2-4H2,1H3;3*1,3-4H2,2H3;. The fourth-order valence-electron chi connectivity index (χ4n) is 7.62. The number of imide groups is 1. The molecule has 0 radical (unpaired) electrons. The molecule has 0 bridgehead atoms. The summed E-state index contributed by atoms with van der Waals surface area (Å²) in [5.74, 6) is 2.23. The average molecular weight is 1000 g/mol. The van der Waals surface area contributed by atoms with Crippen LogP contribution >= 0.6 is 65.9 Å². The van der Waals surface area contributed by atoms with Gasteiger partial charge in [0.2, 0.25) is 0 Å².